The zero-order valence-corrected chi connectivity index (χ0v) is 11.3. The summed E-state index contributed by atoms with van der Waals surface area (Å²) in [5.41, 5.74) is 6.64. The average Bonchev–Trinajstić information content (AvgIpc) is 3.22. The normalized spacial score (nSPS) is 22.6. The first-order chi connectivity index (χ1) is 9.54. The number of rotatable bonds is 3. The summed E-state index contributed by atoms with van der Waals surface area (Å²) in [5.74, 6) is 1.62. The van der Waals surface area contributed by atoms with Crippen LogP contribution in [0.1, 0.15) is 43.0 Å². The van der Waals surface area contributed by atoms with Crippen LogP contribution in [0.15, 0.2) is 0 Å². The lowest BCUT2D eigenvalue weighted by Crippen LogP contribution is -2.47. The van der Waals surface area contributed by atoms with Crippen LogP contribution < -0.4 is 16.4 Å². The molecule has 1 aromatic rings. The van der Waals surface area contributed by atoms with Gasteiger partial charge in [-0.15, -0.1) is 0 Å². The van der Waals surface area contributed by atoms with Gasteiger partial charge in [0.2, 0.25) is 11.8 Å². The van der Waals surface area contributed by atoms with Gasteiger partial charge < -0.3 is 11.1 Å². The highest BCUT2D eigenvalue weighted by Gasteiger charge is 2.30. The molecule has 1 atom stereocenters. The Morgan fingerprint density at radius 2 is 2.00 bits per heavy atom. The van der Waals surface area contributed by atoms with Crippen LogP contribution >= 0.6 is 0 Å². The Labute approximate surface area is 116 Å². The van der Waals surface area contributed by atoms with E-state index in [-0.39, 0.29) is 11.8 Å². The highest BCUT2D eigenvalue weighted by atomic mass is 16.2. The maximum Gasteiger partial charge on any atom is 0.249 e. The zero-order valence-electron chi connectivity index (χ0n) is 11.3. The van der Waals surface area contributed by atoms with E-state index in [0.717, 1.165) is 24.2 Å². The van der Waals surface area contributed by atoms with Crippen LogP contribution in [0.4, 0.5) is 11.6 Å². The predicted octanol–water partition coefficient (Wildman–Crippen LogP) is 0.462. The van der Waals surface area contributed by atoms with Crippen LogP contribution in [0.2, 0.25) is 0 Å². The second-order valence-corrected chi connectivity index (χ2v) is 5.36. The molecule has 2 amide bonds. The summed E-state index contributed by atoms with van der Waals surface area (Å²) in [6.45, 7) is 1.82. The van der Waals surface area contributed by atoms with E-state index in [2.05, 4.69) is 20.6 Å². The molecule has 2 heterocycles. The molecule has 7 heteroatoms. The number of nitrogens with two attached hydrogens (primary N) is 1. The van der Waals surface area contributed by atoms with E-state index in [1.165, 1.54) is 0 Å². The highest BCUT2D eigenvalue weighted by Crippen LogP contribution is 2.39. The highest BCUT2D eigenvalue weighted by molar-refractivity contribution is 6.01. The van der Waals surface area contributed by atoms with Gasteiger partial charge in [-0.05, 0) is 26.2 Å². The molecule has 3 rings (SSSR count). The minimum absolute atomic E-state index is 0.231. The molecule has 0 spiro atoms. The van der Waals surface area contributed by atoms with Crippen molar-refractivity contribution >= 4 is 23.5 Å². The quantitative estimate of drug-likeness (QED) is 0.691. The van der Waals surface area contributed by atoms with E-state index < -0.39 is 6.04 Å². The number of piperidine rings is 1. The molecule has 7 nitrogen and oxygen atoms in total. The third-order valence-electron chi connectivity index (χ3n) is 3.69. The minimum atomic E-state index is -0.451. The number of hydrogen-bond acceptors (Lipinski definition) is 6. The first-order valence-corrected chi connectivity index (χ1v) is 6.79. The molecule has 106 valence electrons. The zero-order chi connectivity index (χ0) is 14.3. The summed E-state index contributed by atoms with van der Waals surface area (Å²) >= 11 is 0. The second-order valence-electron chi connectivity index (χ2n) is 5.36. The fraction of sp³-hybridized carbons (Fsp3) is 0.538. The average molecular weight is 275 g/mol. The third-order valence-corrected chi connectivity index (χ3v) is 3.69. The molecule has 0 bridgehead atoms. The van der Waals surface area contributed by atoms with Crippen molar-refractivity contribution in [2.24, 2.45) is 0 Å². The van der Waals surface area contributed by atoms with Gasteiger partial charge in [0.15, 0.2) is 0 Å². The molecule has 20 heavy (non-hydrogen) atoms. The van der Waals surface area contributed by atoms with Crippen LogP contribution in [0.5, 0.6) is 0 Å². The van der Waals surface area contributed by atoms with Gasteiger partial charge in [-0.2, -0.15) is 0 Å². The van der Waals surface area contributed by atoms with Crippen molar-refractivity contribution in [3.8, 4) is 0 Å². The number of carbonyl (C=O) groups excluding carboxylic acids is 2. The monoisotopic (exact) mass is 275 g/mol. The van der Waals surface area contributed by atoms with Crippen molar-refractivity contribution in [1.82, 2.24) is 15.3 Å². The van der Waals surface area contributed by atoms with Crippen LogP contribution in [0.25, 0.3) is 0 Å². The van der Waals surface area contributed by atoms with E-state index in [4.69, 9.17) is 5.73 Å². The van der Waals surface area contributed by atoms with Gasteiger partial charge in [0.25, 0.3) is 0 Å². The topological polar surface area (TPSA) is 110 Å². The molecule has 1 unspecified atom stereocenters. The molecule has 1 saturated heterocycles. The number of hydrogen-bond donors (Lipinski definition) is 3. The fourth-order valence-electron chi connectivity index (χ4n) is 2.21. The number of nitrogens with one attached hydrogen (secondary N) is 2. The number of imide groups is 1. The van der Waals surface area contributed by atoms with Gasteiger partial charge >= 0.3 is 0 Å². The van der Waals surface area contributed by atoms with Crippen LogP contribution in [-0.2, 0) is 9.59 Å². The van der Waals surface area contributed by atoms with Gasteiger partial charge in [-0.1, -0.05) is 0 Å². The molecule has 1 aromatic heterocycles. The molecule has 1 saturated carbocycles. The Balaban J connectivity index is 1.82. The van der Waals surface area contributed by atoms with Crippen LogP contribution in [-0.4, -0.2) is 27.8 Å². The Kier molecular flexibility index (Phi) is 3.04. The van der Waals surface area contributed by atoms with E-state index in [1.54, 1.807) is 0 Å². The van der Waals surface area contributed by atoms with Crippen LogP contribution in [0.3, 0.4) is 0 Å². The largest absolute Gasteiger partial charge is 0.383 e. The fourth-order valence-corrected chi connectivity index (χ4v) is 2.21. The lowest BCUT2D eigenvalue weighted by atomic mass is 10.1. The van der Waals surface area contributed by atoms with E-state index in [0.29, 0.717) is 30.4 Å². The summed E-state index contributed by atoms with van der Waals surface area (Å²) < 4.78 is 0. The number of nitrogen functional groups attached to an aromatic ring is 1. The maximum absolute atomic E-state index is 11.8. The molecule has 0 aromatic carbocycles. The van der Waals surface area contributed by atoms with Crippen molar-refractivity contribution in [3.63, 3.8) is 0 Å². The number of amides is 2. The number of aromatic nitrogens is 2. The first kappa shape index (κ1) is 12.8. The van der Waals surface area contributed by atoms with E-state index in [9.17, 15) is 9.59 Å². The van der Waals surface area contributed by atoms with Crippen molar-refractivity contribution in [1.29, 1.82) is 0 Å². The molecule has 1 aliphatic carbocycles. The smallest absolute Gasteiger partial charge is 0.249 e. The number of anilines is 2. The lowest BCUT2D eigenvalue weighted by Gasteiger charge is -2.23. The third kappa shape index (κ3) is 2.43. The van der Waals surface area contributed by atoms with Gasteiger partial charge in [0, 0.05) is 17.9 Å². The summed E-state index contributed by atoms with van der Waals surface area (Å²) in [4.78, 5) is 31.7. The minimum Gasteiger partial charge on any atom is -0.383 e. The molecular weight excluding hydrogens is 258 g/mol. The molecule has 4 N–H and O–H groups in total. The van der Waals surface area contributed by atoms with Gasteiger partial charge in [0.05, 0.1) is 0 Å². The molecule has 0 radical (unpaired) electrons. The molecule has 2 fully saturated rings. The van der Waals surface area contributed by atoms with Gasteiger partial charge in [-0.25, -0.2) is 9.97 Å². The molecule has 2 aliphatic rings. The lowest BCUT2D eigenvalue weighted by molar-refractivity contribution is -0.133. The Morgan fingerprint density at radius 1 is 1.25 bits per heavy atom. The SMILES string of the molecule is Cc1c(N)nc(C2CC2)nc1NC1CCC(=O)NC1=O. The second kappa shape index (κ2) is 4.73. The summed E-state index contributed by atoms with van der Waals surface area (Å²) in [5, 5.41) is 5.41. The van der Waals surface area contributed by atoms with Gasteiger partial charge in [-0.3, -0.25) is 14.9 Å². The summed E-state index contributed by atoms with van der Waals surface area (Å²) in [6.07, 6.45) is 2.96. The van der Waals surface area contributed by atoms with Crippen molar-refractivity contribution in [2.45, 2.75) is 44.6 Å². The van der Waals surface area contributed by atoms with E-state index >= 15 is 0 Å². The van der Waals surface area contributed by atoms with Crippen molar-refractivity contribution < 1.29 is 9.59 Å². The Bertz CT molecular complexity index is 582. The molecular formula is C13H17N5O2. The predicted molar refractivity (Wildman–Crippen MR) is 73.0 cm³/mol. The first-order valence-electron chi connectivity index (χ1n) is 6.79. The Hall–Kier alpha value is -2.18. The van der Waals surface area contributed by atoms with E-state index in [1.807, 2.05) is 6.92 Å². The van der Waals surface area contributed by atoms with Crippen molar-refractivity contribution in [2.75, 3.05) is 11.1 Å². The Morgan fingerprint density at radius 3 is 2.65 bits per heavy atom. The number of carbonyl (C=O) groups is 2. The summed E-state index contributed by atoms with van der Waals surface area (Å²) in [6, 6.07) is -0.451. The van der Waals surface area contributed by atoms with Gasteiger partial charge in [0.1, 0.15) is 23.5 Å². The van der Waals surface area contributed by atoms with Crippen molar-refractivity contribution in [3.05, 3.63) is 11.4 Å². The molecule has 1 aliphatic heterocycles. The number of nitrogens with zero attached hydrogens (tertiary/aromatic N) is 2. The maximum atomic E-state index is 11.8. The standard InChI is InChI=1S/C13H17N5O2/c1-6-10(14)17-12(7-2-3-7)18-11(6)15-8-4-5-9(19)16-13(8)20/h7-8H,2-5H2,1H3,(H,16,19,20)(H3,14,15,17,18). The summed E-state index contributed by atoms with van der Waals surface area (Å²) in [7, 11) is 0. The van der Waals surface area contributed by atoms with Crippen LogP contribution in [0, 0.1) is 6.92 Å².